The number of rotatable bonds is 5. The van der Waals surface area contributed by atoms with E-state index in [1.807, 2.05) is 24.3 Å². The Labute approximate surface area is 135 Å². The first-order chi connectivity index (χ1) is 10.4. The van der Waals surface area contributed by atoms with Crippen molar-refractivity contribution in [3.8, 4) is 0 Å². The van der Waals surface area contributed by atoms with Crippen molar-refractivity contribution in [1.82, 2.24) is 4.90 Å². The van der Waals surface area contributed by atoms with Crippen LogP contribution in [0, 0.1) is 5.41 Å². The molecule has 1 fully saturated rings. The lowest BCUT2D eigenvalue weighted by molar-refractivity contribution is -0.146. The molecule has 1 saturated heterocycles. The number of aryl methyl sites for hydroxylation is 1. The van der Waals surface area contributed by atoms with E-state index in [9.17, 15) is 14.7 Å². The van der Waals surface area contributed by atoms with Crippen LogP contribution in [0.5, 0.6) is 0 Å². The van der Waals surface area contributed by atoms with Gasteiger partial charge in [-0.3, -0.25) is 4.79 Å². The Morgan fingerprint density at radius 3 is 2.59 bits per heavy atom. The Bertz CT molecular complexity index is 547. The highest BCUT2D eigenvalue weighted by Gasteiger charge is 2.42. The van der Waals surface area contributed by atoms with Gasteiger partial charge in [-0.1, -0.05) is 12.1 Å². The molecular formula is C16H22N2O3S. The summed E-state index contributed by atoms with van der Waals surface area (Å²) in [5.74, 6) is 0.230. The van der Waals surface area contributed by atoms with Crippen molar-refractivity contribution in [2.45, 2.75) is 19.8 Å². The second-order valence-electron chi connectivity index (χ2n) is 5.91. The predicted molar refractivity (Wildman–Crippen MR) is 89.5 cm³/mol. The number of hydrogen-bond acceptors (Lipinski definition) is 3. The van der Waals surface area contributed by atoms with Gasteiger partial charge in [-0.25, -0.2) is 4.79 Å². The van der Waals surface area contributed by atoms with Gasteiger partial charge in [0.2, 0.25) is 0 Å². The van der Waals surface area contributed by atoms with E-state index < -0.39 is 11.4 Å². The fraction of sp³-hybridized carbons (Fsp3) is 0.500. The molecule has 1 aliphatic heterocycles. The van der Waals surface area contributed by atoms with Gasteiger partial charge >= 0.3 is 12.0 Å². The lowest BCUT2D eigenvalue weighted by atomic mass is 9.90. The number of thioether (sulfide) groups is 1. The summed E-state index contributed by atoms with van der Waals surface area (Å²) in [5.41, 5.74) is 1.15. The van der Waals surface area contributed by atoms with Gasteiger partial charge in [0.25, 0.3) is 0 Å². The zero-order valence-electron chi connectivity index (χ0n) is 13.0. The Balaban J connectivity index is 1.91. The fourth-order valence-electron chi connectivity index (χ4n) is 2.49. The van der Waals surface area contributed by atoms with Crippen LogP contribution in [0.2, 0.25) is 0 Å². The molecule has 0 radical (unpaired) electrons. The third kappa shape index (κ3) is 3.94. The van der Waals surface area contributed by atoms with Gasteiger partial charge < -0.3 is 15.3 Å². The molecule has 1 atom stereocenters. The third-order valence-electron chi connectivity index (χ3n) is 4.08. The monoisotopic (exact) mass is 322 g/mol. The van der Waals surface area contributed by atoms with E-state index in [0.29, 0.717) is 13.0 Å². The summed E-state index contributed by atoms with van der Waals surface area (Å²) in [6, 6.07) is 7.57. The SMILES string of the molecule is CSCCc1ccc(NC(=O)N2CCC(C)(C(=O)O)C2)cc1. The molecule has 0 spiro atoms. The molecule has 22 heavy (non-hydrogen) atoms. The van der Waals surface area contributed by atoms with E-state index in [-0.39, 0.29) is 12.6 Å². The second-order valence-corrected chi connectivity index (χ2v) is 6.89. The lowest BCUT2D eigenvalue weighted by Crippen LogP contribution is -2.37. The first-order valence-electron chi connectivity index (χ1n) is 7.32. The Morgan fingerprint density at radius 1 is 1.36 bits per heavy atom. The quantitative estimate of drug-likeness (QED) is 0.874. The maximum absolute atomic E-state index is 12.2. The number of carboxylic acid groups (broad SMARTS) is 1. The molecule has 6 heteroatoms. The van der Waals surface area contributed by atoms with Crippen molar-refractivity contribution < 1.29 is 14.7 Å². The average Bonchev–Trinajstić information content (AvgIpc) is 2.91. The van der Waals surface area contributed by atoms with Gasteiger partial charge in [0.05, 0.1) is 5.41 Å². The van der Waals surface area contributed by atoms with Gasteiger partial charge in [0.15, 0.2) is 0 Å². The normalized spacial score (nSPS) is 20.9. The van der Waals surface area contributed by atoms with Crippen LogP contribution in [0.25, 0.3) is 0 Å². The molecule has 1 aromatic rings. The summed E-state index contributed by atoms with van der Waals surface area (Å²) in [7, 11) is 0. The molecular weight excluding hydrogens is 300 g/mol. The highest BCUT2D eigenvalue weighted by molar-refractivity contribution is 7.98. The van der Waals surface area contributed by atoms with E-state index in [0.717, 1.165) is 17.9 Å². The summed E-state index contributed by atoms with van der Waals surface area (Å²) >= 11 is 1.81. The summed E-state index contributed by atoms with van der Waals surface area (Å²) in [4.78, 5) is 25.0. The largest absolute Gasteiger partial charge is 0.481 e. The molecule has 0 saturated carbocycles. The van der Waals surface area contributed by atoms with Crippen molar-refractivity contribution in [2.24, 2.45) is 5.41 Å². The molecule has 1 aliphatic rings. The third-order valence-corrected chi connectivity index (χ3v) is 4.69. The number of aliphatic carboxylic acids is 1. The van der Waals surface area contributed by atoms with Crippen LogP contribution in [-0.4, -0.2) is 47.1 Å². The van der Waals surface area contributed by atoms with Gasteiger partial charge in [-0.05, 0) is 49.5 Å². The summed E-state index contributed by atoms with van der Waals surface area (Å²) in [5, 5.41) is 12.0. The van der Waals surface area contributed by atoms with E-state index in [1.165, 1.54) is 5.56 Å². The minimum atomic E-state index is -0.846. The molecule has 2 amide bonds. The first kappa shape index (κ1) is 16.7. The number of likely N-dealkylation sites (tertiary alicyclic amines) is 1. The van der Waals surface area contributed by atoms with Crippen LogP contribution in [0.1, 0.15) is 18.9 Å². The number of anilines is 1. The highest BCUT2D eigenvalue weighted by atomic mass is 32.2. The maximum Gasteiger partial charge on any atom is 0.321 e. The molecule has 2 N–H and O–H groups in total. The molecule has 1 aromatic carbocycles. The van der Waals surface area contributed by atoms with Crippen LogP contribution in [-0.2, 0) is 11.2 Å². The minimum Gasteiger partial charge on any atom is -0.481 e. The number of carbonyl (C=O) groups is 2. The first-order valence-corrected chi connectivity index (χ1v) is 8.71. The molecule has 2 rings (SSSR count). The molecule has 1 unspecified atom stereocenters. The molecule has 1 heterocycles. The maximum atomic E-state index is 12.2. The summed E-state index contributed by atoms with van der Waals surface area (Å²) in [6.07, 6.45) is 3.58. The standard InChI is InChI=1S/C16H22N2O3S/c1-16(14(19)20)8-9-18(11-16)15(21)17-13-5-3-12(4-6-13)7-10-22-2/h3-6H,7-11H2,1-2H3,(H,17,21)(H,19,20). The number of carbonyl (C=O) groups excluding carboxylic acids is 1. The number of hydrogen-bond donors (Lipinski definition) is 2. The Kier molecular flexibility index (Phi) is 5.34. The number of nitrogens with one attached hydrogen (secondary N) is 1. The minimum absolute atomic E-state index is 0.234. The van der Waals surface area contributed by atoms with E-state index >= 15 is 0 Å². The van der Waals surface area contributed by atoms with Crippen LogP contribution in [0.3, 0.4) is 0 Å². The predicted octanol–water partition coefficient (Wildman–Crippen LogP) is 2.92. The number of carboxylic acids is 1. The van der Waals surface area contributed by atoms with E-state index in [4.69, 9.17) is 0 Å². The van der Waals surface area contributed by atoms with Crippen molar-refractivity contribution in [1.29, 1.82) is 0 Å². The van der Waals surface area contributed by atoms with Crippen molar-refractivity contribution >= 4 is 29.4 Å². The number of benzene rings is 1. The van der Waals surface area contributed by atoms with Crippen molar-refractivity contribution in [3.05, 3.63) is 29.8 Å². The van der Waals surface area contributed by atoms with Crippen LogP contribution < -0.4 is 5.32 Å². The number of nitrogens with zero attached hydrogens (tertiary/aromatic N) is 1. The Morgan fingerprint density at radius 2 is 2.05 bits per heavy atom. The topological polar surface area (TPSA) is 69.6 Å². The van der Waals surface area contributed by atoms with Crippen molar-refractivity contribution in [3.63, 3.8) is 0 Å². The average molecular weight is 322 g/mol. The second kappa shape index (κ2) is 7.05. The van der Waals surface area contributed by atoms with Gasteiger partial charge in [0.1, 0.15) is 0 Å². The summed E-state index contributed by atoms with van der Waals surface area (Å²) < 4.78 is 0. The van der Waals surface area contributed by atoms with Crippen LogP contribution in [0.15, 0.2) is 24.3 Å². The number of urea groups is 1. The number of amides is 2. The van der Waals surface area contributed by atoms with E-state index in [2.05, 4.69) is 11.6 Å². The molecule has 0 bridgehead atoms. The van der Waals surface area contributed by atoms with Crippen LogP contribution in [0.4, 0.5) is 10.5 Å². The van der Waals surface area contributed by atoms with Gasteiger partial charge in [0, 0.05) is 18.8 Å². The molecule has 0 aromatic heterocycles. The molecule has 5 nitrogen and oxygen atoms in total. The molecule has 120 valence electrons. The van der Waals surface area contributed by atoms with Gasteiger partial charge in [-0.15, -0.1) is 0 Å². The highest BCUT2D eigenvalue weighted by Crippen LogP contribution is 2.30. The van der Waals surface area contributed by atoms with E-state index in [1.54, 1.807) is 23.6 Å². The Hall–Kier alpha value is -1.69. The van der Waals surface area contributed by atoms with Crippen LogP contribution >= 0.6 is 11.8 Å². The fourth-order valence-corrected chi connectivity index (χ4v) is 2.93. The van der Waals surface area contributed by atoms with Gasteiger partial charge in [-0.2, -0.15) is 11.8 Å². The molecule has 0 aliphatic carbocycles. The van der Waals surface area contributed by atoms with Crippen molar-refractivity contribution in [2.75, 3.05) is 30.4 Å². The smallest absolute Gasteiger partial charge is 0.321 e. The zero-order valence-corrected chi connectivity index (χ0v) is 13.8. The zero-order chi connectivity index (χ0) is 16.2. The lowest BCUT2D eigenvalue weighted by Gasteiger charge is -2.20. The summed E-state index contributed by atoms with van der Waals surface area (Å²) in [6.45, 7) is 2.41.